The van der Waals surface area contributed by atoms with Crippen LogP contribution >= 0.6 is 23.1 Å². The second-order valence-electron chi connectivity index (χ2n) is 4.29. The molecule has 1 rings (SSSR count). The Morgan fingerprint density at radius 2 is 2.15 bits per heavy atom. The zero-order valence-electron chi connectivity index (χ0n) is 11.6. The number of carboxylic acid groups (broad SMARTS) is 1. The first-order valence-electron chi connectivity index (χ1n) is 6.55. The predicted octanol–water partition coefficient (Wildman–Crippen LogP) is 2.87. The summed E-state index contributed by atoms with van der Waals surface area (Å²) in [5.41, 5.74) is 0. The first kappa shape index (κ1) is 16.9. The van der Waals surface area contributed by atoms with Crippen LogP contribution < -0.4 is 5.32 Å². The van der Waals surface area contributed by atoms with Gasteiger partial charge < -0.3 is 10.4 Å². The molecular weight excluding hydrogens is 298 g/mol. The third kappa shape index (κ3) is 5.87. The molecule has 0 aliphatic heterocycles. The molecule has 112 valence electrons. The number of carbonyl (C=O) groups excluding carboxylic acids is 1. The summed E-state index contributed by atoms with van der Waals surface area (Å²) in [7, 11) is 0. The maximum atomic E-state index is 12.1. The van der Waals surface area contributed by atoms with Gasteiger partial charge in [0.05, 0.1) is 5.75 Å². The molecule has 1 unspecified atom stereocenters. The minimum atomic E-state index is -0.901. The Labute approximate surface area is 126 Å². The quantitative estimate of drug-likeness (QED) is 0.537. The van der Waals surface area contributed by atoms with E-state index in [1.54, 1.807) is 0 Å². The number of rotatable bonds is 9. The van der Waals surface area contributed by atoms with Crippen molar-refractivity contribution < 1.29 is 14.7 Å². The summed E-state index contributed by atoms with van der Waals surface area (Å²) in [6.45, 7) is 4.09. The summed E-state index contributed by atoms with van der Waals surface area (Å²) in [4.78, 5) is 22.5. The van der Waals surface area contributed by atoms with Crippen molar-refractivity contribution >= 4 is 40.1 Å². The molecule has 1 aromatic rings. The van der Waals surface area contributed by atoms with Crippen LogP contribution in [0.4, 0.5) is 5.13 Å². The standard InChI is InChI=1S/C12H19N3O3S2/c1-3-5-6-8(4-2)10(18)13-11-14-15-12(20-11)19-7-9(16)17/h8H,3-7H2,1-2H3,(H,16,17)(H,13,14,18). The number of carboxylic acids is 1. The zero-order chi connectivity index (χ0) is 15.0. The molecule has 0 saturated carbocycles. The fourth-order valence-corrected chi connectivity index (χ4v) is 3.10. The minimum absolute atomic E-state index is 0.00558. The lowest BCUT2D eigenvalue weighted by atomic mass is 9.99. The number of carbonyl (C=O) groups is 2. The number of unbranched alkanes of at least 4 members (excludes halogenated alkanes) is 1. The highest BCUT2D eigenvalue weighted by Gasteiger charge is 2.17. The van der Waals surface area contributed by atoms with E-state index < -0.39 is 5.97 Å². The average Bonchev–Trinajstić information content (AvgIpc) is 2.85. The molecule has 0 saturated heterocycles. The van der Waals surface area contributed by atoms with Crippen molar-refractivity contribution in [1.82, 2.24) is 10.2 Å². The van der Waals surface area contributed by atoms with Gasteiger partial charge in [0.25, 0.3) is 0 Å². The normalized spacial score (nSPS) is 12.1. The number of nitrogens with zero attached hydrogens (tertiary/aromatic N) is 2. The smallest absolute Gasteiger partial charge is 0.313 e. The van der Waals surface area contributed by atoms with Gasteiger partial charge in [-0.3, -0.25) is 9.59 Å². The molecule has 0 fully saturated rings. The molecule has 20 heavy (non-hydrogen) atoms. The highest BCUT2D eigenvalue weighted by atomic mass is 32.2. The van der Waals surface area contributed by atoms with E-state index in [2.05, 4.69) is 22.4 Å². The number of nitrogens with one attached hydrogen (secondary N) is 1. The first-order chi connectivity index (χ1) is 9.56. The van der Waals surface area contributed by atoms with Crippen LogP contribution in [0.25, 0.3) is 0 Å². The van der Waals surface area contributed by atoms with Crippen LogP contribution in [0.1, 0.15) is 39.5 Å². The maximum Gasteiger partial charge on any atom is 0.313 e. The zero-order valence-corrected chi connectivity index (χ0v) is 13.2. The minimum Gasteiger partial charge on any atom is -0.481 e. The van der Waals surface area contributed by atoms with E-state index in [-0.39, 0.29) is 17.6 Å². The van der Waals surface area contributed by atoms with Gasteiger partial charge in [-0.25, -0.2) is 0 Å². The van der Waals surface area contributed by atoms with Crippen LogP contribution in [0.15, 0.2) is 4.34 Å². The monoisotopic (exact) mass is 317 g/mol. The fraction of sp³-hybridized carbons (Fsp3) is 0.667. The van der Waals surface area contributed by atoms with Gasteiger partial charge in [0.1, 0.15) is 0 Å². The summed E-state index contributed by atoms with van der Waals surface area (Å²) >= 11 is 2.30. The van der Waals surface area contributed by atoms with Crippen molar-refractivity contribution in [2.45, 2.75) is 43.9 Å². The third-order valence-corrected chi connectivity index (χ3v) is 4.68. The largest absolute Gasteiger partial charge is 0.481 e. The molecule has 0 spiro atoms. The Kier molecular flexibility index (Phi) is 7.53. The number of thioether (sulfide) groups is 1. The molecule has 0 aliphatic rings. The van der Waals surface area contributed by atoms with Crippen molar-refractivity contribution in [2.75, 3.05) is 11.1 Å². The van der Waals surface area contributed by atoms with E-state index >= 15 is 0 Å². The summed E-state index contributed by atoms with van der Waals surface area (Å²) in [6, 6.07) is 0. The molecule has 1 heterocycles. The number of hydrogen-bond acceptors (Lipinski definition) is 6. The van der Waals surface area contributed by atoms with Crippen molar-refractivity contribution in [3.8, 4) is 0 Å². The van der Waals surface area contributed by atoms with E-state index in [1.807, 2.05) is 6.92 Å². The number of aliphatic carboxylic acids is 1. The third-order valence-electron chi connectivity index (χ3n) is 2.73. The molecule has 8 heteroatoms. The molecule has 1 amide bonds. The molecule has 2 N–H and O–H groups in total. The van der Waals surface area contributed by atoms with Crippen LogP contribution in [-0.2, 0) is 9.59 Å². The van der Waals surface area contributed by atoms with Crippen molar-refractivity contribution in [3.05, 3.63) is 0 Å². The summed E-state index contributed by atoms with van der Waals surface area (Å²) in [6.07, 6.45) is 3.77. The van der Waals surface area contributed by atoms with E-state index in [9.17, 15) is 9.59 Å². The van der Waals surface area contributed by atoms with E-state index in [1.165, 1.54) is 11.3 Å². The Bertz CT molecular complexity index is 451. The van der Waals surface area contributed by atoms with E-state index in [0.717, 1.165) is 37.4 Å². The van der Waals surface area contributed by atoms with Gasteiger partial charge in [-0.1, -0.05) is 49.8 Å². The summed E-state index contributed by atoms with van der Waals surface area (Å²) in [5, 5.41) is 19.5. The maximum absolute atomic E-state index is 12.1. The van der Waals surface area contributed by atoms with Crippen LogP contribution in [0.3, 0.4) is 0 Å². The molecule has 0 aliphatic carbocycles. The Balaban J connectivity index is 2.50. The lowest BCUT2D eigenvalue weighted by Crippen LogP contribution is -2.22. The van der Waals surface area contributed by atoms with Gasteiger partial charge in [-0.05, 0) is 12.8 Å². The first-order valence-corrected chi connectivity index (χ1v) is 8.36. The number of amides is 1. The molecule has 0 aromatic carbocycles. The van der Waals surface area contributed by atoms with Gasteiger partial charge in [0.2, 0.25) is 11.0 Å². The number of anilines is 1. The van der Waals surface area contributed by atoms with Crippen LogP contribution in [-0.4, -0.2) is 32.9 Å². The van der Waals surface area contributed by atoms with E-state index in [0.29, 0.717) is 9.47 Å². The van der Waals surface area contributed by atoms with Crippen molar-refractivity contribution in [1.29, 1.82) is 0 Å². The fourth-order valence-electron chi connectivity index (χ4n) is 1.62. The van der Waals surface area contributed by atoms with Crippen molar-refractivity contribution in [3.63, 3.8) is 0 Å². The highest BCUT2D eigenvalue weighted by Crippen LogP contribution is 2.26. The van der Waals surface area contributed by atoms with Crippen molar-refractivity contribution in [2.24, 2.45) is 5.92 Å². The van der Waals surface area contributed by atoms with Crippen LogP contribution in [0, 0.1) is 5.92 Å². The molecule has 0 bridgehead atoms. The Morgan fingerprint density at radius 3 is 2.75 bits per heavy atom. The van der Waals surface area contributed by atoms with Crippen LogP contribution in [0.2, 0.25) is 0 Å². The molecule has 1 aromatic heterocycles. The molecular formula is C12H19N3O3S2. The van der Waals surface area contributed by atoms with Gasteiger partial charge >= 0.3 is 5.97 Å². The number of hydrogen-bond donors (Lipinski definition) is 2. The van der Waals surface area contributed by atoms with Gasteiger partial charge in [0, 0.05) is 5.92 Å². The SMILES string of the molecule is CCCCC(CC)C(=O)Nc1nnc(SCC(=O)O)s1. The second-order valence-corrected chi connectivity index (χ2v) is 6.49. The predicted molar refractivity (Wildman–Crippen MR) is 80.2 cm³/mol. The van der Waals surface area contributed by atoms with Gasteiger partial charge in [-0.2, -0.15) is 0 Å². The molecule has 0 radical (unpaired) electrons. The number of aromatic nitrogens is 2. The average molecular weight is 317 g/mol. The Morgan fingerprint density at radius 1 is 1.40 bits per heavy atom. The van der Waals surface area contributed by atoms with E-state index in [4.69, 9.17) is 5.11 Å². The van der Waals surface area contributed by atoms with Gasteiger partial charge in [0.15, 0.2) is 4.34 Å². The summed E-state index contributed by atoms with van der Waals surface area (Å²) in [5.74, 6) is -1.00. The molecule has 6 nitrogen and oxygen atoms in total. The molecule has 1 atom stereocenters. The second kappa shape index (κ2) is 8.91. The Hall–Kier alpha value is -1.15. The lowest BCUT2D eigenvalue weighted by molar-refractivity contribution is -0.133. The lowest BCUT2D eigenvalue weighted by Gasteiger charge is -2.12. The topological polar surface area (TPSA) is 92.2 Å². The van der Waals surface area contributed by atoms with Crippen LogP contribution in [0.5, 0.6) is 0 Å². The highest BCUT2D eigenvalue weighted by molar-refractivity contribution is 8.01. The summed E-state index contributed by atoms with van der Waals surface area (Å²) < 4.78 is 0.546. The van der Waals surface area contributed by atoms with Gasteiger partial charge in [-0.15, -0.1) is 10.2 Å².